The van der Waals surface area contributed by atoms with E-state index >= 15 is 0 Å². The lowest BCUT2D eigenvalue weighted by Crippen LogP contribution is -1.86. The third-order valence-electron chi connectivity index (χ3n) is 5.33. The second-order valence-electron chi connectivity index (χ2n) is 6.78. The summed E-state index contributed by atoms with van der Waals surface area (Å²) in [5, 5.41) is 0. The van der Waals surface area contributed by atoms with Crippen molar-refractivity contribution in [2.75, 3.05) is 0 Å². The summed E-state index contributed by atoms with van der Waals surface area (Å²) in [5.41, 5.74) is 14.6. The maximum atomic E-state index is 2.45. The Balaban J connectivity index is 1.74. The van der Waals surface area contributed by atoms with Gasteiger partial charge in [-0.25, -0.2) is 0 Å². The third-order valence-corrected chi connectivity index (χ3v) is 5.33. The molecule has 22 heavy (non-hydrogen) atoms. The lowest BCUT2D eigenvalue weighted by molar-refractivity contribution is 1.21. The van der Waals surface area contributed by atoms with Gasteiger partial charge in [-0.1, -0.05) is 42.0 Å². The molecule has 3 aromatic rings. The average molecular weight is 282 g/mol. The predicted octanol–water partition coefficient (Wildman–Crippen LogP) is 5.45. The molecule has 0 atom stereocenters. The Kier molecular flexibility index (Phi) is 2.28. The Hall–Kier alpha value is -2.34. The Labute approximate surface area is 131 Å². The lowest BCUT2D eigenvalue weighted by atomic mass is 9.97. The van der Waals surface area contributed by atoms with E-state index in [4.69, 9.17) is 0 Å². The highest BCUT2D eigenvalue weighted by molar-refractivity contribution is 5.86. The molecule has 0 saturated heterocycles. The maximum absolute atomic E-state index is 2.45. The molecular weight excluding hydrogens is 264 g/mol. The maximum Gasteiger partial charge on any atom is -0.00106 e. The van der Waals surface area contributed by atoms with Gasteiger partial charge in [-0.2, -0.15) is 0 Å². The summed E-state index contributed by atoms with van der Waals surface area (Å²) in [6, 6.07) is 18.5. The summed E-state index contributed by atoms with van der Waals surface area (Å²) in [6.45, 7) is 4.42. The van der Waals surface area contributed by atoms with Crippen LogP contribution in [-0.4, -0.2) is 0 Å². The van der Waals surface area contributed by atoms with Gasteiger partial charge in [0.05, 0.1) is 0 Å². The van der Waals surface area contributed by atoms with Crippen LogP contribution in [0, 0.1) is 13.8 Å². The van der Waals surface area contributed by atoms with Crippen LogP contribution in [0.2, 0.25) is 0 Å². The van der Waals surface area contributed by atoms with Gasteiger partial charge < -0.3 is 0 Å². The zero-order chi connectivity index (χ0) is 14.8. The molecule has 2 aliphatic rings. The average Bonchev–Trinajstić information content (AvgIpc) is 3.04. The van der Waals surface area contributed by atoms with Crippen LogP contribution in [-0.2, 0) is 12.8 Å². The highest BCUT2D eigenvalue weighted by atomic mass is 14.3. The minimum absolute atomic E-state index is 1.08. The minimum atomic E-state index is 1.08. The molecule has 0 N–H and O–H groups in total. The van der Waals surface area contributed by atoms with E-state index in [-0.39, 0.29) is 0 Å². The normalized spacial score (nSPS) is 13.5. The van der Waals surface area contributed by atoms with Gasteiger partial charge in [-0.3, -0.25) is 0 Å². The standard InChI is InChI=1S/C22H18/c1-13-6-7-15-9-16-11-21-17(12-22(16)20(15)8-13)10-19-14(2)4-3-5-18(19)21/h3-8,11-12H,9-10H2,1-2H3. The number of aryl methyl sites for hydroxylation is 2. The molecule has 2 aliphatic carbocycles. The second-order valence-corrected chi connectivity index (χ2v) is 6.78. The summed E-state index contributed by atoms with van der Waals surface area (Å²) in [7, 11) is 0. The Bertz CT molecular complexity index is 944. The molecule has 0 radical (unpaired) electrons. The summed E-state index contributed by atoms with van der Waals surface area (Å²) in [5.74, 6) is 0. The number of fused-ring (bicyclic) bond motifs is 6. The molecule has 0 spiro atoms. The molecule has 0 aliphatic heterocycles. The van der Waals surface area contributed by atoms with E-state index in [1.165, 1.54) is 55.6 Å². The largest absolute Gasteiger partial charge is 0.0614 e. The van der Waals surface area contributed by atoms with Gasteiger partial charge in [0.15, 0.2) is 0 Å². The molecule has 0 heteroatoms. The van der Waals surface area contributed by atoms with Gasteiger partial charge in [-0.05, 0) is 88.9 Å². The zero-order valence-corrected chi connectivity index (χ0v) is 13.0. The van der Waals surface area contributed by atoms with Crippen molar-refractivity contribution in [3.05, 3.63) is 81.9 Å². The molecule has 0 amide bonds. The van der Waals surface area contributed by atoms with Gasteiger partial charge in [0, 0.05) is 0 Å². The molecule has 106 valence electrons. The fourth-order valence-corrected chi connectivity index (χ4v) is 4.16. The fraction of sp³-hybridized carbons (Fsp3) is 0.182. The summed E-state index contributed by atoms with van der Waals surface area (Å²) < 4.78 is 0. The van der Waals surface area contributed by atoms with E-state index in [9.17, 15) is 0 Å². The predicted molar refractivity (Wildman–Crippen MR) is 92.4 cm³/mol. The number of rotatable bonds is 0. The van der Waals surface area contributed by atoms with Crippen molar-refractivity contribution in [1.29, 1.82) is 0 Å². The van der Waals surface area contributed by atoms with E-state index in [1.54, 1.807) is 0 Å². The molecule has 0 fully saturated rings. The number of hydrogen-bond donors (Lipinski definition) is 0. The van der Waals surface area contributed by atoms with E-state index in [0.717, 1.165) is 12.8 Å². The van der Waals surface area contributed by atoms with Crippen LogP contribution in [0.1, 0.15) is 33.4 Å². The molecule has 0 unspecified atom stereocenters. The van der Waals surface area contributed by atoms with Crippen LogP contribution in [0.15, 0.2) is 48.5 Å². The minimum Gasteiger partial charge on any atom is -0.0614 e. The van der Waals surface area contributed by atoms with Gasteiger partial charge >= 0.3 is 0 Å². The van der Waals surface area contributed by atoms with Crippen molar-refractivity contribution in [2.45, 2.75) is 26.7 Å². The Morgan fingerprint density at radius 1 is 0.636 bits per heavy atom. The van der Waals surface area contributed by atoms with Crippen molar-refractivity contribution in [2.24, 2.45) is 0 Å². The van der Waals surface area contributed by atoms with Crippen molar-refractivity contribution >= 4 is 0 Å². The number of hydrogen-bond acceptors (Lipinski definition) is 0. The first-order chi connectivity index (χ1) is 10.7. The van der Waals surface area contributed by atoms with E-state index < -0.39 is 0 Å². The van der Waals surface area contributed by atoms with E-state index in [1.807, 2.05) is 0 Å². The molecule has 0 bridgehead atoms. The summed E-state index contributed by atoms with van der Waals surface area (Å²) in [4.78, 5) is 0. The second kappa shape index (κ2) is 4.10. The number of benzene rings is 3. The van der Waals surface area contributed by atoms with Crippen LogP contribution in [0.25, 0.3) is 22.3 Å². The van der Waals surface area contributed by atoms with Crippen molar-refractivity contribution in [3.8, 4) is 22.3 Å². The van der Waals surface area contributed by atoms with Crippen LogP contribution >= 0.6 is 0 Å². The first-order valence-electron chi connectivity index (χ1n) is 8.05. The highest BCUT2D eigenvalue weighted by Gasteiger charge is 2.25. The molecule has 0 heterocycles. The molecular formula is C22H18. The first kappa shape index (κ1) is 12.2. The van der Waals surface area contributed by atoms with Crippen LogP contribution in [0.4, 0.5) is 0 Å². The first-order valence-corrected chi connectivity index (χ1v) is 8.05. The molecule has 0 nitrogen and oxygen atoms in total. The van der Waals surface area contributed by atoms with Crippen LogP contribution in [0.3, 0.4) is 0 Å². The van der Waals surface area contributed by atoms with Crippen molar-refractivity contribution in [3.63, 3.8) is 0 Å². The van der Waals surface area contributed by atoms with Crippen molar-refractivity contribution in [1.82, 2.24) is 0 Å². The monoisotopic (exact) mass is 282 g/mol. The smallest absolute Gasteiger partial charge is 0.00106 e. The highest BCUT2D eigenvalue weighted by Crippen LogP contribution is 2.45. The van der Waals surface area contributed by atoms with Gasteiger partial charge in [-0.15, -0.1) is 0 Å². The molecule has 0 aromatic heterocycles. The van der Waals surface area contributed by atoms with Crippen molar-refractivity contribution < 1.29 is 0 Å². The Morgan fingerprint density at radius 2 is 1.36 bits per heavy atom. The Morgan fingerprint density at radius 3 is 2.23 bits per heavy atom. The third kappa shape index (κ3) is 1.53. The van der Waals surface area contributed by atoms with Crippen LogP contribution < -0.4 is 0 Å². The van der Waals surface area contributed by atoms with E-state index in [2.05, 4.69) is 62.4 Å². The topological polar surface area (TPSA) is 0 Å². The molecule has 5 rings (SSSR count). The lowest BCUT2D eigenvalue weighted by Gasteiger charge is -2.07. The molecule has 0 saturated carbocycles. The summed E-state index contributed by atoms with van der Waals surface area (Å²) in [6.07, 6.45) is 2.17. The van der Waals surface area contributed by atoms with Gasteiger partial charge in [0.25, 0.3) is 0 Å². The van der Waals surface area contributed by atoms with Gasteiger partial charge in [0.2, 0.25) is 0 Å². The quantitative estimate of drug-likeness (QED) is 0.354. The van der Waals surface area contributed by atoms with Gasteiger partial charge in [0.1, 0.15) is 0 Å². The fourth-order valence-electron chi connectivity index (χ4n) is 4.16. The van der Waals surface area contributed by atoms with E-state index in [0.29, 0.717) is 0 Å². The summed E-state index contributed by atoms with van der Waals surface area (Å²) >= 11 is 0. The SMILES string of the molecule is Cc1ccc2c(c1)-c1cc3c(cc1C2)-c1cccc(C)c1C3. The zero-order valence-electron chi connectivity index (χ0n) is 13.0. The van der Waals surface area contributed by atoms with Crippen LogP contribution in [0.5, 0.6) is 0 Å². The molecule has 3 aromatic carbocycles.